The number of likely N-dealkylation sites (tertiary alicyclic amines) is 1. The standard InChI is InChI=1S/C32H32FN7O3/c1-18(21-8-6-5-7-9-21)24(33)15-37-31(43)26-11-32(4)12-28(32)40(26)29(42)17-39-27-16-36-25(22-13-34-20(3)35-14-22)10-23(27)30(38-39)19(2)41/h5-10,13-14,16,26,28H,11-12,15,17H2,1-4H3,(H,37,43)/b24-18+/t26-,28+,32-/m0/s1. The molecule has 1 aliphatic heterocycles. The third-order valence-corrected chi connectivity index (χ3v) is 8.59. The largest absolute Gasteiger partial charge is 0.348 e. The third-order valence-electron chi connectivity index (χ3n) is 8.59. The Balaban J connectivity index is 1.22. The molecule has 0 bridgehead atoms. The number of carbonyl (C=O) groups excluding carboxylic acids is 3. The first kappa shape index (κ1) is 28.3. The smallest absolute Gasteiger partial charge is 0.245 e. The second-order valence-electron chi connectivity index (χ2n) is 11.7. The number of rotatable bonds is 8. The number of hydrogen-bond donors (Lipinski definition) is 1. The van der Waals surface area contributed by atoms with Gasteiger partial charge in [-0.2, -0.15) is 5.10 Å². The van der Waals surface area contributed by atoms with Crippen LogP contribution in [0.25, 0.3) is 27.7 Å². The van der Waals surface area contributed by atoms with Crippen molar-refractivity contribution in [3.8, 4) is 11.3 Å². The van der Waals surface area contributed by atoms with Gasteiger partial charge in [0.1, 0.15) is 29.9 Å². The minimum absolute atomic E-state index is 0.0810. The van der Waals surface area contributed by atoms with Crippen LogP contribution in [0.1, 0.15) is 55.5 Å². The van der Waals surface area contributed by atoms with Crippen molar-refractivity contribution in [1.29, 1.82) is 0 Å². The first-order valence-corrected chi connectivity index (χ1v) is 14.2. The number of piperidine rings is 1. The number of fused-ring (bicyclic) bond motifs is 2. The molecular formula is C32H32FN7O3. The third kappa shape index (κ3) is 5.31. The van der Waals surface area contributed by atoms with Gasteiger partial charge >= 0.3 is 0 Å². The maximum absolute atomic E-state index is 14.9. The normalized spacial score (nSPS) is 21.4. The highest BCUT2D eigenvalue weighted by Crippen LogP contribution is 2.59. The molecule has 1 N–H and O–H groups in total. The molecule has 4 heterocycles. The van der Waals surface area contributed by atoms with Crippen LogP contribution in [0.4, 0.5) is 4.39 Å². The maximum Gasteiger partial charge on any atom is 0.245 e. The first-order chi connectivity index (χ1) is 20.6. The minimum atomic E-state index is -0.721. The molecule has 2 fully saturated rings. The Kier molecular flexibility index (Phi) is 7.11. The monoisotopic (exact) mass is 581 g/mol. The molecule has 10 nitrogen and oxygen atoms in total. The fraction of sp³-hybridized carbons (Fsp3) is 0.344. The van der Waals surface area contributed by atoms with Crippen molar-refractivity contribution >= 4 is 34.1 Å². The van der Waals surface area contributed by atoms with Crippen LogP contribution in [0.5, 0.6) is 0 Å². The zero-order valence-electron chi connectivity index (χ0n) is 24.5. The summed E-state index contributed by atoms with van der Waals surface area (Å²) in [6.45, 7) is 6.52. The molecule has 2 amide bonds. The average Bonchev–Trinajstić information content (AvgIpc) is 3.37. The van der Waals surface area contributed by atoms with Gasteiger partial charge in [-0.25, -0.2) is 14.4 Å². The van der Waals surface area contributed by atoms with Gasteiger partial charge in [-0.1, -0.05) is 37.3 Å². The van der Waals surface area contributed by atoms with Crippen LogP contribution in [-0.4, -0.2) is 65.9 Å². The Morgan fingerprint density at radius 3 is 2.47 bits per heavy atom. The Morgan fingerprint density at radius 2 is 1.77 bits per heavy atom. The molecule has 6 rings (SSSR count). The summed E-state index contributed by atoms with van der Waals surface area (Å²) in [4.78, 5) is 54.2. The summed E-state index contributed by atoms with van der Waals surface area (Å²) in [6, 6.07) is 10.1. The minimum Gasteiger partial charge on any atom is -0.348 e. The molecule has 1 aliphatic carbocycles. The van der Waals surface area contributed by atoms with Crippen molar-refractivity contribution in [2.75, 3.05) is 6.54 Å². The van der Waals surface area contributed by atoms with Gasteiger partial charge in [0.05, 0.1) is 24.0 Å². The molecule has 43 heavy (non-hydrogen) atoms. The second-order valence-corrected chi connectivity index (χ2v) is 11.7. The summed E-state index contributed by atoms with van der Waals surface area (Å²) >= 11 is 0. The lowest BCUT2D eigenvalue weighted by Gasteiger charge is -2.27. The number of aromatic nitrogens is 5. The number of benzene rings is 1. The fourth-order valence-corrected chi connectivity index (χ4v) is 5.97. The number of amides is 2. The highest BCUT2D eigenvalue weighted by atomic mass is 19.1. The Labute approximate surface area is 248 Å². The van der Waals surface area contributed by atoms with Gasteiger partial charge in [0.15, 0.2) is 5.78 Å². The van der Waals surface area contributed by atoms with E-state index in [-0.39, 0.29) is 47.8 Å². The molecule has 3 aromatic heterocycles. The molecule has 0 radical (unpaired) electrons. The molecular weight excluding hydrogens is 549 g/mol. The summed E-state index contributed by atoms with van der Waals surface area (Å²) in [5.74, 6) is -0.735. The first-order valence-electron chi connectivity index (χ1n) is 14.2. The molecule has 11 heteroatoms. The molecule has 0 unspecified atom stereocenters. The number of Topliss-reactive ketones (excluding diaryl/α,β-unsaturated/α-hetero) is 1. The van der Waals surface area contributed by atoms with Crippen molar-refractivity contribution in [1.82, 2.24) is 34.9 Å². The Bertz CT molecular complexity index is 1780. The van der Waals surface area contributed by atoms with E-state index >= 15 is 0 Å². The number of halogens is 1. The van der Waals surface area contributed by atoms with Crippen LogP contribution in [-0.2, 0) is 16.1 Å². The van der Waals surface area contributed by atoms with Crippen molar-refractivity contribution in [2.24, 2.45) is 5.41 Å². The molecule has 1 saturated heterocycles. The van der Waals surface area contributed by atoms with Crippen molar-refractivity contribution in [2.45, 2.75) is 59.2 Å². The lowest BCUT2D eigenvalue weighted by Crippen LogP contribution is -2.49. The predicted octanol–water partition coefficient (Wildman–Crippen LogP) is 4.30. The summed E-state index contributed by atoms with van der Waals surface area (Å²) < 4.78 is 16.4. The number of nitrogens with one attached hydrogen (secondary N) is 1. The van der Waals surface area contributed by atoms with E-state index in [2.05, 4.69) is 32.3 Å². The Hall–Kier alpha value is -4.80. The number of pyridine rings is 1. The highest BCUT2D eigenvalue weighted by molar-refractivity contribution is 6.05. The lowest BCUT2D eigenvalue weighted by molar-refractivity contribution is -0.140. The number of hydrogen-bond acceptors (Lipinski definition) is 7. The zero-order chi connectivity index (χ0) is 30.5. The summed E-state index contributed by atoms with van der Waals surface area (Å²) in [5.41, 5.74) is 3.05. The number of carbonyl (C=O) groups is 3. The van der Waals surface area contributed by atoms with E-state index in [1.54, 1.807) is 43.4 Å². The fourth-order valence-electron chi connectivity index (χ4n) is 5.97. The van der Waals surface area contributed by atoms with Crippen molar-refractivity contribution in [3.63, 3.8) is 0 Å². The molecule has 2 aliphatic rings. The van der Waals surface area contributed by atoms with Gasteiger partial charge in [0, 0.05) is 36.3 Å². The molecule has 4 aromatic rings. The van der Waals surface area contributed by atoms with Crippen LogP contribution < -0.4 is 5.32 Å². The molecule has 1 saturated carbocycles. The van der Waals surface area contributed by atoms with Crippen molar-refractivity contribution in [3.05, 3.63) is 77.9 Å². The average molecular weight is 582 g/mol. The van der Waals surface area contributed by atoms with E-state index in [0.29, 0.717) is 40.0 Å². The van der Waals surface area contributed by atoms with E-state index in [1.165, 1.54) is 11.6 Å². The molecule has 0 spiro atoms. The summed E-state index contributed by atoms with van der Waals surface area (Å²) in [7, 11) is 0. The summed E-state index contributed by atoms with van der Waals surface area (Å²) in [5, 5.41) is 7.74. The van der Waals surface area contributed by atoms with Gasteiger partial charge in [-0.3, -0.25) is 24.0 Å². The quantitative estimate of drug-likeness (QED) is 0.308. The van der Waals surface area contributed by atoms with Crippen LogP contribution >= 0.6 is 0 Å². The van der Waals surface area contributed by atoms with E-state index in [9.17, 15) is 18.8 Å². The van der Waals surface area contributed by atoms with Gasteiger partial charge < -0.3 is 10.2 Å². The molecule has 1 aromatic carbocycles. The molecule has 3 atom stereocenters. The van der Waals surface area contributed by atoms with Gasteiger partial charge in [-0.15, -0.1) is 0 Å². The van der Waals surface area contributed by atoms with Gasteiger partial charge in [-0.05, 0) is 49.3 Å². The van der Waals surface area contributed by atoms with E-state index < -0.39 is 11.9 Å². The SMILES string of the molecule is CC(=O)c1nn(CC(=O)N2[C@H](C(=O)NC/C(F)=C(/C)c3ccccc3)C[C@@]3(C)C[C@@H]23)c2cnc(-c3cnc(C)nc3)cc12. The second kappa shape index (κ2) is 10.8. The van der Waals surface area contributed by atoms with Crippen LogP contribution in [0.2, 0.25) is 0 Å². The van der Waals surface area contributed by atoms with E-state index in [4.69, 9.17) is 0 Å². The predicted molar refractivity (Wildman–Crippen MR) is 158 cm³/mol. The molecule has 220 valence electrons. The number of allylic oxidation sites excluding steroid dienone is 1. The maximum atomic E-state index is 14.9. The van der Waals surface area contributed by atoms with Crippen LogP contribution in [0.3, 0.4) is 0 Å². The topological polar surface area (TPSA) is 123 Å². The van der Waals surface area contributed by atoms with Crippen LogP contribution in [0.15, 0.2) is 60.8 Å². The number of nitrogens with zero attached hydrogens (tertiary/aromatic N) is 6. The number of aryl methyl sites for hydroxylation is 1. The highest BCUT2D eigenvalue weighted by Gasteiger charge is 2.64. The van der Waals surface area contributed by atoms with Crippen molar-refractivity contribution < 1.29 is 18.8 Å². The van der Waals surface area contributed by atoms with Gasteiger partial charge in [0.2, 0.25) is 11.8 Å². The Morgan fingerprint density at radius 1 is 1.05 bits per heavy atom. The number of ketones is 1. The van der Waals surface area contributed by atoms with E-state index in [0.717, 1.165) is 12.0 Å². The lowest BCUT2D eigenvalue weighted by atomic mass is 10.0. The van der Waals surface area contributed by atoms with E-state index in [1.807, 2.05) is 30.3 Å². The van der Waals surface area contributed by atoms with Gasteiger partial charge in [0.25, 0.3) is 0 Å². The summed E-state index contributed by atoms with van der Waals surface area (Å²) in [6.07, 6.45) is 6.20. The zero-order valence-corrected chi connectivity index (χ0v) is 24.5. The van der Waals surface area contributed by atoms with Crippen LogP contribution in [0, 0.1) is 12.3 Å².